The zero-order valence-electron chi connectivity index (χ0n) is 18.2. The Balaban J connectivity index is 1.14. The molecule has 170 valence electrons. The number of carbonyl (C=O) groups excluding carboxylic acids is 1. The molecular weight excluding hydrogens is 409 g/mol. The maximum Gasteiger partial charge on any atom is 0.248 e. The summed E-state index contributed by atoms with van der Waals surface area (Å²) in [5.74, 6) is 1.81. The maximum atomic E-state index is 14.3. The summed E-state index contributed by atoms with van der Waals surface area (Å²) in [6.07, 6.45) is 4.71. The second kappa shape index (κ2) is 9.11. The van der Waals surface area contributed by atoms with Gasteiger partial charge in [0.2, 0.25) is 5.91 Å². The second-order valence-corrected chi connectivity index (χ2v) is 9.47. The van der Waals surface area contributed by atoms with Gasteiger partial charge in [0.25, 0.3) is 0 Å². The fraction of sp³-hybridized carbons (Fsp3) is 0.542. The monoisotopic (exact) mass is 439 g/mol. The summed E-state index contributed by atoms with van der Waals surface area (Å²) in [6, 6.07) is 8.14. The molecule has 8 heteroatoms. The summed E-state index contributed by atoms with van der Waals surface area (Å²) >= 11 is 0. The number of primary amides is 1. The SMILES string of the molecule is NC(=O)c1ccc(-c2ccc(NC3C[C@@H]4CN(CC5CCOCC5)C[C@@H]4C3)nn2)c(F)c1. The Morgan fingerprint density at radius 2 is 1.88 bits per heavy atom. The highest BCUT2D eigenvalue weighted by Crippen LogP contribution is 2.39. The number of benzene rings is 1. The summed E-state index contributed by atoms with van der Waals surface area (Å²) in [5, 5.41) is 12.0. The maximum absolute atomic E-state index is 14.3. The zero-order chi connectivity index (χ0) is 22.1. The average Bonchev–Trinajstić information content (AvgIpc) is 3.33. The van der Waals surface area contributed by atoms with E-state index in [2.05, 4.69) is 20.4 Å². The Morgan fingerprint density at radius 3 is 2.50 bits per heavy atom. The predicted molar refractivity (Wildman–Crippen MR) is 120 cm³/mol. The number of nitrogens with zero attached hydrogens (tertiary/aromatic N) is 3. The molecule has 2 saturated heterocycles. The molecule has 3 N–H and O–H groups in total. The van der Waals surface area contributed by atoms with Gasteiger partial charge in [-0.2, -0.15) is 0 Å². The minimum absolute atomic E-state index is 0.135. The molecule has 1 saturated carbocycles. The van der Waals surface area contributed by atoms with Crippen LogP contribution in [0.4, 0.5) is 10.2 Å². The van der Waals surface area contributed by atoms with Crippen molar-refractivity contribution in [2.45, 2.75) is 31.7 Å². The lowest BCUT2D eigenvalue weighted by atomic mass is 10.00. The number of hydrogen-bond acceptors (Lipinski definition) is 6. The number of amides is 1. The van der Waals surface area contributed by atoms with Crippen molar-refractivity contribution >= 4 is 11.7 Å². The number of nitrogens with one attached hydrogen (secondary N) is 1. The Bertz CT molecular complexity index is 949. The Labute approximate surface area is 187 Å². The van der Waals surface area contributed by atoms with Crippen molar-refractivity contribution in [1.29, 1.82) is 0 Å². The quantitative estimate of drug-likeness (QED) is 0.719. The van der Waals surface area contributed by atoms with Crippen molar-refractivity contribution in [2.24, 2.45) is 23.5 Å². The van der Waals surface area contributed by atoms with E-state index < -0.39 is 11.7 Å². The van der Waals surface area contributed by atoms with Gasteiger partial charge < -0.3 is 20.7 Å². The summed E-state index contributed by atoms with van der Waals surface area (Å²) in [5.41, 5.74) is 6.07. The molecule has 0 bridgehead atoms. The molecule has 1 unspecified atom stereocenters. The minimum atomic E-state index is -0.658. The molecule has 1 amide bonds. The van der Waals surface area contributed by atoms with E-state index in [9.17, 15) is 9.18 Å². The van der Waals surface area contributed by atoms with Crippen molar-refractivity contribution in [1.82, 2.24) is 15.1 Å². The first-order chi connectivity index (χ1) is 15.5. The lowest BCUT2D eigenvalue weighted by Gasteiger charge is -2.27. The van der Waals surface area contributed by atoms with Gasteiger partial charge >= 0.3 is 0 Å². The smallest absolute Gasteiger partial charge is 0.248 e. The number of nitrogens with two attached hydrogens (primary N) is 1. The third-order valence-corrected chi connectivity index (χ3v) is 7.23. The Kier molecular flexibility index (Phi) is 6.06. The topological polar surface area (TPSA) is 93.4 Å². The third kappa shape index (κ3) is 4.61. The first-order valence-corrected chi connectivity index (χ1v) is 11.5. The molecule has 1 aromatic heterocycles. The van der Waals surface area contributed by atoms with Gasteiger partial charge in [-0.05, 0) is 73.8 Å². The van der Waals surface area contributed by atoms with E-state index >= 15 is 0 Å². The largest absolute Gasteiger partial charge is 0.381 e. The zero-order valence-corrected chi connectivity index (χ0v) is 18.2. The van der Waals surface area contributed by atoms with Gasteiger partial charge in [-0.1, -0.05) is 0 Å². The van der Waals surface area contributed by atoms with Crippen LogP contribution in [0.5, 0.6) is 0 Å². The van der Waals surface area contributed by atoms with Crippen LogP contribution < -0.4 is 11.1 Å². The lowest BCUT2D eigenvalue weighted by molar-refractivity contribution is 0.0545. The highest BCUT2D eigenvalue weighted by molar-refractivity contribution is 5.93. The van der Waals surface area contributed by atoms with E-state index in [-0.39, 0.29) is 5.56 Å². The number of carbonyl (C=O) groups is 1. The highest BCUT2D eigenvalue weighted by Gasteiger charge is 2.41. The van der Waals surface area contributed by atoms with Crippen LogP contribution in [-0.4, -0.2) is 59.9 Å². The molecular formula is C24H30FN5O2. The van der Waals surface area contributed by atoms with Gasteiger partial charge in [0.1, 0.15) is 11.6 Å². The van der Waals surface area contributed by atoms with Crippen LogP contribution in [0, 0.1) is 23.6 Å². The molecule has 3 atom stereocenters. The molecule has 3 fully saturated rings. The Morgan fingerprint density at radius 1 is 1.12 bits per heavy atom. The highest BCUT2D eigenvalue weighted by atomic mass is 19.1. The number of rotatable bonds is 6. The van der Waals surface area contributed by atoms with Crippen molar-refractivity contribution in [3.8, 4) is 11.3 Å². The van der Waals surface area contributed by atoms with Gasteiger partial charge in [-0.25, -0.2) is 4.39 Å². The van der Waals surface area contributed by atoms with E-state index in [0.717, 1.165) is 49.9 Å². The number of likely N-dealkylation sites (tertiary alicyclic amines) is 1. The number of fused-ring (bicyclic) bond motifs is 1. The molecule has 0 spiro atoms. The summed E-state index contributed by atoms with van der Waals surface area (Å²) < 4.78 is 19.8. The average molecular weight is 440 g/mol. The molecule has 2 aliphatic heterocycles. The molecule has 3 heterocycles. The van der Waals surface area contributed by atoms with Crippen LogP contribution in [0.1, 0.15) is 36.0 Å². The minimum Gasteiger partial charge on any atom is -0.381 e. The fourth-order valence-electron chi connectivity index (χ4n) is 5.60. The second-order valence-electron chi connectivity index (χ2n) is 9.47. The Hall–Kier alpha value is -2.58. The van der Waals surface area contributed by atoms with Gasteiger partial charge in [0.05, 0.1) is 5.69 Å². The van der Waals surface area contributed by atoms with Gasteiger partial charge in [0.15, 0.2) is 0 Å². The van der Waals surface area contributed by atoms with E-state index in [1.807, 2.05) is 6.07 Å². The van der Waals surface area contributed by atoms with Crippen LogP contribution in [0.3, 0.4) is 0 Å². The molecule has 7 nitrogen and oxygen atoms in total. The number of hydrogen-bond donors (Lipinski definition) is 2. The van der Waals surface area contributed by atoms with Crippen LogP contribution in [0.25, 0.3) is 11.3 Å². The van der Waals surface area contributed by atoms with E-state index in [1.165, 1.54) is 44.6 Å². The van der Waals surface area contributed by atoms with Crippen molar-refractivity contribution in [3.05, 3.63) is 41.7 Å². The summed E-state index contributed by atoms with van der Waals surface area (Å²) in [7, 11) is 0. The van der Waals surface area contributed by atoms with E-state index in [0.29, 0.717) is 23.1 Å². The number of anilines is 1. The fourth-order valence-corrected chi connectivity index (χ4v) is 5.60. The van der Waals surface area contributed by atoms with Crippen molar-refractivity contribution < 1.29 is 13.9 Å². The van der Waals surface area contributed by atoms with E-state index in [1.54, 1.807) is 6.07 Å². The first-order valence-electron chi connectivity index (χ1n) is 11.5. The van der Waals surface area contributed by atoms with Gasteiger partial charge in [-0.15, -0.1) is 10.2 Å². The number of halogens is 1. The third-order valence-electron chi connectivity index (χ3n) is 7.23. The van der Waals surface area contributed by atoms with E-state index in [4.69, 9.17) is 10.5 Å². The van der Waals surface area contributed by atoms with Crippen LogP contribution in [-0.2, 0) is 4.74 Å². The van der Waals surface area contributed by atoms with Crippen molar-refractivity contribution in [2.75, 3.05) is 38.2 Å². The van der Waals surface area contributed by atoms with Crippen LogP contribution >= 0.6 is 0 Å². The van der Waals surface area contributed by atoms with Gasteiger partial charge in [-0.3, -0.25) is 4.79 Å². The number of ether oxygens (including phenoxy) is 1. The molecule has 3 aliphatic rings. The molecule has 1 aliphatic carbocycles. The van der Waals surface area contributed by atoms with Gasteiger partial charge in [0, 0.05) is 50.0 Å². The molecule has 0 radical (unpaired) electrons. The molecule has 32 heavy (non-hydrogen) atoms. The van der Waals surface area contributed by atoms with Crippen LogP contribution in [0.2, 0.25) is 0 Å². The van der Waals surface area contributed by atoms with Crippen molar-refractivity contribution in [3.63, 3.8) is 0 Å². The normalized spacial score (nSPS) is 26.2. The lowest BCUT2D eigenvalue weighted by Crippen LogP contribution is -2.32. The summed E-state index contributed by atoms with van der Waals surface area (Å²) in [6.45, 7) is 5.46. The molecule has 2 aromatic rings. The van der Waals surface area contributed by atoms with Crippen LogP contribution in [0.15, 0.2) is 30.3 Å². The first kappa shape index (κ1) is 21.3. The predicted octanol–water partition coefficient (Wildman–Crippen LogP) is 2.93. The molecule has 1 aromatic carbocycles. The summed E-state index contributed by atoms with van der Waals surface area (Å²) in [4.78, 5) is 13.9. The number of aromatic nitrogens is 2. The standard InChI is InChI=1S/C24H30FN5O2/c25-21-11-16(24(26)31)1-2-20(21)22-3-4-23(29-28-22)27-19-9-17-13-30(14-18(17)10-19)12-15-5-7-32-8-6-15/h1-4,11,15,17-19H,5-10,12-14H2,(H2,26,31)(H,27,29)/t17-,18+,19?. The molecule has 5 rings (SSSR count).